The second-order valence-corrected chi connectivity index (χ2v) is 3.42. The van der Waals surface area contributed by atoms with Gasteiger partial charge in [-0.15, -0.1) is 0 Å². The van der Waals surface area contributed by atoms with E-state index in [2.05, 4.69) is 20.9 Å². The van der Waals surface area contributed by atoms with E-state index in [4.69, 9.17) is 16.0 Å². The first-order chi connectivity index (χ1) is 6.09. The average molecular weight is 268 g/mol. The van der Waals surface area contributed by atoms with Gasteiger partial charge in [0.05, 0.1) is 4.47 Å². The van der Waals surface area contributed by atoms with Gasteiger partial charge in [-0.1, -0.05) is 0 Å². The fourth-order valence-electron chi connectivity index (χ4n) is 0.958. The van der Waals surface area contributed by atoms with Gasteiger partial charge in [-0.05, 0) is 27.5 Å². The van der Waals surface area contributed by atoms with E-state index in [9.17, 15) is 8.78 Å². The smallest absolute Gasteiger partial charge is 0.293 e. The Labute approximate surface area is 84.6 Å². The van der Waals surface area contributed by atoms with Gasteiger partial charge in [0.2, 0.25) is 0 Å². The predicted octanol–water partition coefficient (Wildman–Crippen LogP) is 3.52. The molecule has 2 aromatic rings. The van der Waals surface area contributed by atoms with E-state index >= 15 is 0 Å². The largest absolute Gasteiger partial charge is 0.424 e. The monoisotopic (exact) mass is 267 g/mol. The summed E-state index contributed by atoms with van der Waals surface area (Å²) in [6.45, 7) is 0. The van der Waals surface area contributed by atoms with Crippen LogP contribution in [0.15, 0.2) is 15.0 Å². The minimum atomic E-state index is -0.824. The third-order valence-corrected chi connectivity index (χ3v) is 2.41. The van der Waals surface area contributed by atoms with Gasteiger partial charge in [0.1, 0.15) is 11.3 Å². The van der Waals surface area contributed by atoms with Crippen LogP contribution < -0.4 is 0 Å². The summed E-state index contributed by atoms with van der Waals surface area (Å²) in [6, 6.07) is 0.702. The van der Waals surface area contributed by atoms with E-state index < -0.39 is 11.6 Å². The van der Waals surface area contributed by atoms with Crippen LogP contribution in [0.3, 0.4) is 0 Å². The van der Waals surface area contributed by atoms with Gasteiger partial charge in [-0.2, -0.15) is 4.98 Å². The van der Waals surface area contributed by atoms with E-state index in [0.717, 1.165) is 0 Å². The van der Waals surface area contributed by atoms with Crippen molar-refractivity contribution in [3.8, 4) is 0 Å². The van der Waals surface area contributed by atoms with Gasteiger partial charge in [0.15, 0.2) is 11.4 Å². The number of aromatic nitrogens is 1. The topological polar surface area (TPSA) is 26.0 Å². The van der Waals surface area contributed by atoms with Gasteiger partial charge in [-0.3, -0.25) is 0 Å². The minimum Gasteiger partial charge on any atom is -0.424 e. The molecule has 0 bridgehead atoms. The number of rotatable bonds is 0. The zero-order chi connectivity index (χ0) is 9.59. The molecule has 0 N–H and O–H groups in total. The fraction of sp³-hybridized carbons (Fsp3) is 0. The molecule has 0 spiro atoms. The number of oxazole rings is 1. The van der Waals surface area contributed by atoms with Gasteiger partial charge >= 0.3 is 0 Å². The molecular weight excluding hydrogens is 267 g/mol. The second-order valence-electron chi connectivity index (χ2n) is 2.30. The second kappa shape index (κ2) is 2.92. The molecule has 2 nitrogen and oxygen atoms in total. The molecule has 0 aliphatic rings. The third kappa shape index (κ3) is 1.32. The minimum absolute atomic E-state index is 0.0413. The van der Waals surface area contributed by atoms with Crippen LogP contribution in [-0.4, -0.2) is 4.98 Å². The van der Waals surface area contributed by atoms with E-state index in [1.54, 1.807) is 0 Å². The first-order valence-corrected chi connectivity index (χ1v) is 4.36. The maximum absolute atomic E-state index is 13.0. The maximum Gasteiger partial charge on any atom is 0.293 e. The van der Waals surface area contributed by atoms with Crippen LogP contribution in [0.4, 0.5) is 8.78 Å². The lowest BCUT2D eigenvalue weighted by Crippen LogP contribution is -1.83. The average Bonchev–Trinajstić information content (AvgIpc) is 2.44. The van der Waals surface area contributed by atoms with E-state index in [-0.39, 0.29) is 20.9 Å². The van der Waals surface area contributed by atoms with E-state index in [1.807, 2.05) is 0 Å². The molecule has 0 unspecified atom stereocenters. The molecule has 1 aromatic heterocycles. The Kier molecular flexibility index (Phi) is 2.00. The quantitative estimate of drug-likeness (QED) is 0.683. The van der Waals surface area contributed by atoms with Crippen molar-refractivity contribution in [1.82, 2.24) is 4.98 Å². The van der Waals surface area contributed by atoms with Crippen LogP contribution in [0.2, 0.25) is 5.35 Å². The lowest BCUT2D eigenvalue weighted by Gasteiger charge is -1.94. The molecule has 0 radical (unpaired) electrons. The Morgan fingerprint density at radius 2 is 2.08 bits per heavy atom. The highest BCUT2D eigenvalue weighted by molar-refractivity contribution is 9.10. The van der Waals surface area contributed by atoms with Crippen molar-refractivity contribution in [3.63, 3.8) is 0 Å². The molecule has 0 fully saturated rings. The Bertz CT molecular complexity index is 485. The first-order valence-electron chi connectivity index (χ1n) is 3.19. The predicted molar refractivity (Wildman–Crippen MR) is 46.6 cm³/mol. The first kappa shape index (κ1) is 8.90. The van der Waals surface area contributed by atoms with Gasteiger partial charge in [0, 0.05) is 6.07 Å². The fourth-order valence-corrected chi connectivity index (χ4v) is 1.50. The number of nitrogens with zero attached hydrogens (tertiary/aromatic N) is 1. The van der Waals surface area contributed by atoms with Gasteiger partial charge < -0.3 is 4.42 Å². The third-order valence-electron chi connectivity index (χ3n) is 1.49. The Balaban J connectivity index is 2.95. The molecular formula is C7HBrClF2NO. The summed E-state index contributed by atoms with van der Waals surface area (Å²) >= 11 is 8.30. The molecule has 1 heterocycles. The molecule has 6 heteroatoms. The van der Waals surface area contributed by atoms with Crippen molar-refractivity contribution in [2.75, 3.05) is 0 Å². The summed E-state index contributed by atoms with van der Waals surface area (Å²) < 4.78 is 30.7. The summed E-state index contributed by atoms with van der Waals surface area (Å²) in [7, 11) is 0. The number of fused-ring (bicyclic) bond motifs is 1. The molecule has 13 heavy (non-hydrogen) atoms. The van der Waals surface area contributed by atoms with Crippen molar-refractivity contribution in [1.29, 1.82) is 0 Å². The number of halogens is 4. The van der Waals surface area contributed by atoms with Gasteiger partial charge in [0.25, 0.3) is 5.35 Å². The van der Waals surface area contributed by atoms with Crippen molar-refractivity contribution < 1.29 is 13.2 Å². The summed E-state index contributed by atoms with van der Waals surface area (Å²) in [5, 5.41) is -0.222. The van der Waals surface area contributed by atoms with Crippen LogP contribution in [0.5, 0.6) is 0 Å². The zero-order valence-corrected chi connectivity index (χ0v) is 8.29. The van der Waals surface area contributed by atoms with Crippen molar-refractivity contribution in [2.45, 2.75) is 0 Å². The molecule has 0 amide bonds. The highest BCUT2D eigenvalue weighted by atomic mass is 79.9. The molecule has 2 rings (SSSR count). The van der Waals surface area contributed by atoms with Crippen LogP contribution >= 0.6 is 27.5 Å². The Morgan fingerprint density at radius 3 is 2.77 bits per heavy atom. The molecule has 0 aliphatic carbocycles. The molecule has 0 aliphatic heterocycles. The zero-order valence-electron chi connectivity index (χ0n) is 5.94. The normalized spacial score (nSPS) is 11.1. The van der Waals surface area contributed by atoms with Crippen LogP contribution in [-0.2, 0) is 0 Å². The Hall–Kier alpha value is -0.680. The van der Waals surface area contributed by atoms with Crippen molar-refractivity contribution in [3.05, 3.63) is 27.5 Å². The number of hydrogen-bond acceptors (Lipinski definition) is 2. The van der Waals surface area contributed by atoms with Crippen molar-refractivity contribution in [2.24, 2.45) is 0 Å². The van der Waals surface area contributed by atoms with Crippen LogP contribution in [0.1, 0.15) is 0 Å². The molecule has 1 aromatic carbocycles. The van der Waals surface area contributed by atoms with E-state index in [0.29, 0.717) is 6.07 Å². The summed E-state index contributed by atoms with van der Waals surface area (Å²) in [5.41, 5.74) is -0.110. The summed E-state index contributed by atoms with van der Waals surface area (Å²) in [5.74, 6) is -1.56. The molecule has 0 atom stereocenters. The summed E-state index contributed by atoms with van der Waals surface area (Å²) in [4.78, 5) is 3.61. The van der Waals surface area contributed by atoms with Gasteiger partial charge in [-0.25, -0.2) is 8.78 Å². The number of hydrogen-bond donors (Lipinski definition) is 0. The standard InChI is InChI=1S/C7HBrClF2NO/c8-4-2(10)1-3(11)6-5(4)12-7(9)13-6/h1H. The SMILES string of the molecule is Fc1cc(F)c2oc(Cl)nc2c1Br. The highest BCUT2D eigenvalue weighted by Gasteiger charge is 2.16. The molecule has 68 valence electrons. The Morgan fingerprint density at radius 1 is 1.38 bits per heavy atom. The summed E-state index contributed by atoms with van der Waals surface area (Å²) in [6.07, 6.45) is 0. The lowest BCUT2D eigenvalue weighted by atomic mass is 10.3. The van der Waals surface area contributed by atoms with E-state index in [1.165, 1.54) is 0 Å². The maximum atomic E-state index is 13.0. The number of benzene rings is 1. The van der Waals surface area contributed by atoms with Crippen molar-refractivity contribution >= 4 is 38.6 Å². The molecule has 0 saturated carbocycles. The lowest BCUT2D eigenvalue weighted by molar-refractivity contribution is 0.543. The molecule has 0 saturated heterocycles. The van der Waals surface area contributed by atoms with Crippen LogP contribution in [0, 0.1) is 11.6 Å². The highest BCUT2D eigenvalue weighted by Crippen LogP contribution is 2.30. The van der Waals surface area contributed by atoms with Crippen LogP contribution in [0.25, 0.3) is 11.1 Å².